The molecule has 0 aliphatic carbocycles. The van der Waals surface area contributed by atoms with E-state index in [1.807, 2.05) is 44.2 Å². The zero-order valence-electron chi connectivity index (χ0n) is 12.1. The Labute approximate surface area is 123 Å². The third kappa shape index (κ3) is 4.21. The van der Waals surface area contributed by atoms with Crippen LogP contribution >= 0.6 is 0 Å². The van der Waals surface area contributed by atoms with Crippen molar-refractivity contribution in [1.29, 1.82) is 0 Å². The number of nitro groups is 1. The monoisotopic (exact) mass is 286 g/mol. The Morgan fingerprint density at radius 1 is 1.19 bits per heavy atom. The molecule has 0 aromatic heterocycles. The van der Waals surface area contributed by atoms with Crippen LogP contribution in [0.1, 0.15) is 19.4 Å². The molecule has 0 amide bonds. The lowest BCUT2D eigenvalue weighted by Gasteiger charge is -2.15. The van der Waals surface area contributed by atoms with Gasteiger partial charge < -0.3 is 10.1 Å². The SMILES string of the molecule is CC(C)Oc1ccccc1NCc1cccc([N+](=O)[O-])c1. The second kappa shape index (κ2) is 6.74. The number of ether oxygens (including phenoxy) is 1. The summed E-state index contributed by atoms with van der Waals surface area (Å²) in [7, 11) is 0. The van der Waals surface area contributed by atoms with Crippen molar-refractivity contribution in [2.75, 3.05) is 5.32 Å². The first-order valence-corrected chi connectivity index (χ1v) is 6.79. The standard InChI is InChI=1S/C16H18N2O3/c1-12(2)21-16-9-4-3-8-15(16)17-11-13-6-5-7-14(10-13)18(19)20/h3-10,12,17H,11H2,1-2H3. The summed E-state index contributed by atoms with van der Waals surface area (Å²) in [5.74, 6) is 0.776. The number of para-hydroxylation sites is 2. The third-order valence-corrected chi connectivity index (χ3v) is 2.85. The fraction of sp³-hybridized carbons (Fsp3) is 0.250. The van der Waals surface area contributed by atoms with E-state index in [-0.39, 0.29) is 16.7 Å². The first-order valence-electron chi connectivity index (χ1n) is 6.79. The van der Waals surface area contributed by atoms with Crippen molar-refractivity contribution in [2.24, 2.45) is 0 Å². The molecular formula is C16H18N2O3. The van der Waals surface area contributed by atoms with Crippen molar-refractivity contribution in [3.63, 3.8) is 0 Å². The van der Waals surface area contributed by atoms with E-state index in [4.69, 9.17) is 4.74 Å². The Bertz CT molecular complexity index is 626. The normalized spacial score (nSPS) is 10.4. The molecule has 0 unspecified atom stereocenters. The number of non-ortho nitro benzene ring substituents is 1. The topological polar surface area (TPSA) is 64.4 Å². The van der Waals surface area contributed by atoms with Crippen LogP contribution in [0.5, 0.6) is 5.75 Å². The van der Waals surface area contributed by atoms with Crippen molar-refractivity contribution in [1.82, 2.24) is 0 Å². The predicted octanol–water partition coefficient (Wildman–Crippen LogP) is 3.99. The molecule has 5 heteroatoms. The molecule has 2 aromatic rings. The Hall–Kier alpha value is -2.56. The van der Waals surface area contributed by atoms with Crippen LogP contribution in [-0.2, 0) is 6.54 Å². The molecule has 0 heterocycles. The van der Waals surface area contributed by atoms with Crippen molar-refractivity contribution >= 4 is 11.4 Å². The molecule has 0 saturated carbocycles. The Kier molecular flexibility index (Phi) is 4.77. The van der Waals surface area contributed by atoms with Crippen molar-refractivity contribution in [3.05, 3.63) is 64.2 Å². The van der Waals surface area contributed by atoms with Gasteiger partial charge in [-0.3, -0.25) is 10.1 Å². The summed E-state index contributed by atoms with van der Waals surface area (Å²) in [5, 5.41) is 14.0. The van der Waals surface area contributed by atoms with Crippen molar-refractivity contribution in [3.8, 4) is 5.75 Å². The first-order chi connectivity index (χ1) is 10.1. The average molecular weight is 286 g/mol. The molecule has 2 aromatic carbocycles. The number of hydrogen-bond acceptors (Lipinski definition) is 4. The van der Waals surface area contributed by atoms with Gasteiger partial charge in [-0.1, -0.05) is 24.3 Å². The van der Waals surface area contributed by atoms with E-state index in [0.717, 1.165) is 17.0 Å². The highest BCUT2D eigenvalue weighted by atomic mass is 16.6. The largest absolute Gasteiger partial charge is 0.489 e. The summed E-state index contributed by atoms with van der Waals surface area (Å²) in [6.45, 7) is 4.44. The van der Waals surface area contributed by atoms with Gasteiger partial charge in [0.15, 0.2) is 0 Å². The highest BCUT2D eigenvalue weighted by molar-refractivity contribution is 5.56. The molecule has 2 rings (SSSR count). The molecular weight excluding hydrogens is 268 g/mol. The summed E-state index contributed by atoms with van der Waals surface area (Å²) >= 11 is 0. The van der Waals surface area contributed by atoms with Crippen molar-refractivity contribution < 1.29 is 9.66 Å². The number of rotatable bonds is 6. The van der Waals surface area contributed by atoms with Crippen LogP contribution in [0.15, 0.2) is 48.5 Å². The van der Waals surface area contributed by atoms with Crippen LogP contribution in [0.25, 0.3) is 0 Å². The lowest BCUT2D eigenvalue weighted by atomic mass is 10.2. The van der Waals surface area contributed by atoms with Gasteiger partial charge in [0.25, 0.3) is 5.69 Å². The summed E-state index contributed by atoms with van der Waals surface area (Å²) < 4.78 is 5.72. The zero-order chi connectivity index (χ0) is 15.2. The Morgan fingerprint density at radius 2 is 1.95 bits per heavy atom. The minimum Gasteiger partial charge on any atom is -0.489 e. The van der Waals surface area contributed by atoms with Crippen LogP contribution in [0, 0.1) is 10.1 Å². The molecule has 0 saturated heterocycles. The number of nitrogens with zero attached hydrogens (tertiary/aromatic N) is 1. The fourth-order valence-electron chi connectivity index (χ4n) is 1.95. The number of anilines is 1. The van der Waals surface area contributed by atoms with Gasteiger partial charge in [-0.25, -0.2) is 0 Å². The zero-order valence-corrected chi connectivity index (χ0v) is 12.1. The van der Waals surface area contributed by atoms with Gasteiger partial charge in [0, 0.05) is 18.7 Å². The van der Waals surface area contributed by atoms with E-state index in [1.54, 1.807) is 12.1 Å². The summed E-state index contributed by atoms with van der Waals surface area (Å²) in [6, 6.07) is 14.2. The van der Waals surface area contributed by atoms with E-state index in [9.17, 15) is 10.1 Å². The molecule has 0 aliphatic heterocycles. The maximum absolute atomic E-state index is 10.8. The summed E-state index contributed by atoms with van der Waals surface area (Å²) in [6.07, 6.45) is 0.0887. The van der Waals surface area contributed by atoms with E-state index >= 15 is 0 Å². The molecule has 0 bridgehead atoms. The molecule has 0 spiro atoms. The second-order valence-corrected chi connectivity index (χ2v) is 4.94. The van der Waals surface area contributed by atoms with Crippen molar-refractivity contribution in [2.45, 2.75) is 26.5 Å². The van der Waals surface area contributed by atoms with E-state index in [1.165, 1.54) is 6.07 Å². The molecule has 0 aliphatic rings. The minimum atomic E-state index is -0.390. The number of nitrogens with one attached hydrogen (secondary N) is 1. The highest BCUT2D eigenvalue weighted by Gasteiger charge is 2.07. The molecule has 110 valence electrons. The molecule has 5 nitrogen and oxygen atoms in total. The Morgan fingerprint density at radius 3 is 2.67 bits per heavy atom. The predicted molar refractivity (Wildman–Crippen MR) is 82.6 cm³/mol. The average Bonchev–Trinajstić information content (AvgIpc) is 2.46. The Balaban J connectivity index is 2.09. The number of nitro benzene ring substituents is 1. The quantitative estimate of drug-likeness (QED) is 0.644. The third-order valence-electron chi connectivity index (χ3n) is 2.85. The summed E-state index contributed by atoms with van der Waals surface area (Å²) in [5.41, 5.74) is 1.82. The second-order valence-electron chi connectivity index (χ2n) is 4.94. The molecule has 21 heavy (non-hydrogen) atoms. The number of hydrogen-bond donors (Lipinski definition) is 1. The summed E-state index contributed by atoms with van der Waals surface area (Å²) in [4.78, 5) is 10.4. The van der Waals surface area contributed by atoms with Gasteiger partial charge >= 0.3 is 0 Å². The molecule has 0 atom stereocenters. The smallest absolute Gasteiger partial charge is 0.269 e. The van der Waals surface area contributed by atoms with Gasteiger partial charge in [0.1, 0.15) is 5.75 Å². The lowest BCUT2D eigenvalue weighted by molar-refractivity contribution is -0.384. The van der Waals surface area contributed by atoms with Crippen LogP contribution < -0.4 is 10.1 Å². The molecule has 0 fully saturated rings. The maximum Gasteiger partial charge on any atom is 0.269 e. The van der Waals surface area contributed by atoms with Gasteiger partial charge in [-0.05, 0) is 31.5 Å². The fourth-order valence-corrected chi connectivity index (χ4v) is 1.95. The van der Waals surface area contributed by atoms with Gasteiger partial charge in [0.05, 0.1) is 16.7 Å². The van der Waals surface area contributed by atoms with E-state index < -0.39 is 0 Å². The van der Waals surface area contributed by atoms with Gasteiger partial charge in [0.2, 0.25) is 0 Å². The van der Waals surface area contributed by atoms with Crippen LogP contribution in [0.2, 0.25) is 0 Å². The van der Waals surface area contributed by atoms with Crippen LogP contribution in [0.3, 0.4) is 0 Å². The number of benzene rings is 2. The van der Waals surface area contributed by atoms with Crippen LogP contribution in [-0.4, -0.2) is 11.0 Å². The maximum atomic E-state index is 10.8. The lowest BCUT2D eigenvalue weighted by Crippen LogP contribution is -2.08. The van der Waals surface area contributed by atoms with Crippen LogP contribution in [0.4, 0.5) is 11.4 Å². The first kappa shape index (κ1) is 14.8. The molecule has 1 N–H and O–H groups in total. The van der Waals surface area contributed by atoms with E-state index in [2.05, 4.69) is 5.32 Å². The molecule has 0 radical (unpaired) electrons. The van der Waals surface area contributed by atoms with Gasteiger partial charge in [-0.2, -0.15) is 0 Å². The van der Waals surface area contributed by atoms with Gasteiger partial charge in [-0.15, -0.1) is 0 Å². The highest BCUT2D eigenvalue weighted by Crippen LogP contribution is 2.25. The van der Waals surface area contributed by atoms with E-state index in [0.29, 0.717) is 6.54 Å². The minimum absolute atomic E-state index is 0.0887.